The van der Waals surface area contributed by atoms with Gasteiger partial charge in [0.2, 0.25) is 0 Å². The predicted molar refractivity (Wildman–Crippen MR) is 141 cm³/mol. The summed E-state index contributed by atoms with van der Waals surface area (Å²) in [7, 11) is 0. The third-order valence-corrected chi connectivity index (χ3v) is 9.78. The van der Waals surface area contributed by atoms with E-state index >= 15 is 0 Å². The maximum Gasteiger partial charge on any atom is 0.508 e. The minimum atomic E-state index is -0.460. The van der Waals surface area contributed by atoms with Gasteiger partial charge in [-0.15, -0.1) is 0 Å². The number of phenolic OH excluding ortho intramolecular Hbond substituents is 1. The van der Waals surface area contributed by atoms with Crippen LogP contribution in [0.4, 0.5) is 4.79 Å². The first-order valence-corrected chi connectivity index (χ1v) is 14.6. The standard InChI is InChI=1S/C31H48O4/c1-4-6-7-8-9-10-11-12-19-34-30(33)35-28-16-15-27-29-22(5-2)20-23-21-24(32)13-14-25(23)26(29)17-18-31(27,28)3/h13-14,21-22,26-29,32H,4-12,15-20H2,1-3H3. The van der Waals surface area contributed by atoms with Crippen LogP contribution in [-0.2, 0) is 15.9 Å². The van der Waals surface area contributed by atoms with Crippen LogP contribution < -0.4 is 0 Å². The molecule has 4 nitrogen and oxygen atoms in total. The lowest BCUT2D eigenvalue weighted by Crippen LogP contribution is -2.48. The first kappa shape index (κ1) is 26.4. The molecule has 3 aliphatic rings. The number of ether oxygens (including phenoxy) is 2. The van der Waals surface area contributed by atoms with Gasteiger partial charge in [0.15, 0.2) is 0 Å². The molecule has 0 radical (unpaired) electrons. The smallest absolute Gasteiger partial charge is 0.508 e. The highest BCUT2D eigenvalue weighted by atomic mass is 16.7. The SMILES string of the molecule is CCCCCCCCCCOC(=O)OC1CCC2C3C(CC)Cc4cc(O)ccc4C3CCC12C. The van der Waals surface area contributed by atoms with Crippen molar-refractivity contribution in [3.8, 4) is 5.75 Å². The van der Waals surface area contributed by atoms with Gasteiger partial charge in [-0.2, -0.15) is 0 Å². The highest BCUT2D eigenvalue weighted by Crippen LogP contribution is 2.63. The van der Waals surface area contributed by atoms with E-state index in [9.17, 15) is 9.90 Å². The van der Waals surface area contributed by atoms with Gasteiger partial charge in [-0.25, -0.2) is 4.79 Å². The zero-order valence-electron chi connectivity index (χ0n) is 22.4. The Balaban J connectivity index is 1.28. The Labute approximate surface area is 213 Å². The predicted octanol–water partition coefficient (Wildman–Crippen LogP) is 8.55. The molecule has 1 aromatic rings. The van der Waals surface area contributed by atoms with E-state index in [1.54, 1.807) is 0 Å². The molecule has 2 fully saturated rings. The quantitative estimate of drug-likeness (QED) is 0.252. The van der Waals surface area contributed by atoms with Crippen LogP contribution in [0.1, 0.15) is 121 Å². The Morgan fingerprint density at radius 1 is 1.03 bits per heavy atom. The van der Waals surface area contributed by atoms with E-state index in [2.05, 4.69) is 26.8 Å². The van der Waals surface area contributed by atoms with E-state index in [1.807, 2.05) is 12.1 Å². The van der Waals surface area contributed by atoms with Crippen molar-refractivity contribution in [1.29, 1.82) is 0 Å². The molecule has 6 atom stereocenters. The summed E-state index contributed by atoms with van der Waals surface area (Å²) in [6.45, 7) is 7.41. The van der Waals surface area contributed by atoms with Crippen LogP contribution >= 0.6 is 0 Å². The summed E-state index contributed by atoms with van der Waals surface area (Å²) in [4.78, 5) is 12.6. The monoisotopic (exact) mass is 484 g/mol. The minimum Gasteiger partial charge on any atom is -0.508 e. The van der Waals surface area contributed by atoms with E-state index < -0.39 is 6.16 Å². The molecule has 0 aliphatic heterocycles. The zero-order valence-corrected chi connectivity index (χ0v) is 22.4. The third-order valence-electron chi connectivity index (χ3n) is 9.78. The van der Waals surface area contributed by atoms with Crippen molar-refractivity contribution in [2.24, 2.45) is 23.2 Å². The van der Waals surface area contributed by atoms with Gasteiger partial charge in [-0.05, 0) is 85.5 Å². The molecular weight excluding hydrogens is 436 g/mol. The number of fused-ring (bicyclic) bond motifs is 5. The molecule has 0 bridgehead atoms. The van der Waals surface area contributed by atoms with Crippen molar-refractivity contribution >= 4 is 6.16 Å². The molecule has 0 spiro atoms. The average molecular weight is 485 g/mol. The zero-order chi connectivity index (χ0) is 24.8. The molecule has 1 N–H and O–H groups in total. The fourth-order valence-corrected chi connectivity index (χ4v) is 7.87. The molecule has 0 saturated heterocycles. The highest BCUT2D eigenvalue weighted by molar-refractivity contribution is 5.60. The van der Waals surface area contributed by atoms with Crippen LogP contribution in [0.5, 0.6) is 5.75 Å². The van der Waals surface area contributed by atoms with E-state index in [4.69, 9.17) is 9.47 Å². The maximum absolute atomic E-state index is 12.6. The second-order valence-corrected chi connectivity index (χ2v) is 11.8. The number of carbonyl (C=O) groups excluding carboxylic acids is 1. The number of hydrogen-bond acceptors (Lipinski definition) is 4. The van der Waals surface area contributed by atoms with Crippen molar-refractivity contribution in [3.63, 3.8) is 0 Å². The number of unbranched alkanes of at least 4 members (excludes halogenated alkanes) is 7. The fourth-order valence-electron chi connectivity index (χ4n) is 7.87. The summed E-state index contributed by atoms with van der Waals surface area (Å²) >= 11 is 0. The summed E-state index contributed by atoms with van der Waals surface area (Å²) in [5, 5.41) is 10.0. The van der Waals surface area contributed by atoms with Crippen LogP contribution in [0.3, 0.4) is 0 Å². The molecule has 1 aromatic carbocycles. The Morgan fingerprint density at radius 3 is 2.51 bits per heavy atom. The van der Waals surface area contributed by atoms with Gasteiger partial charge in [-0.1, -0.05) is 78.2 Å². The van der Waals surface area contributed by atoms with Gasteiger partial charge in [-0.3, -0.25) is 0 Å². The van der Waals surface area contributed by atoms with E-state index in [0.717, 1.165) is 51.4 Å². The topological polar surface area (TPSA) is 55.8 Å². The van der Waals surface area contributed by atoms with Crippen molar-refractivity contribution < 1.29 is 19.4 Å². The first-order chi connectivity index (χ1) is 17.0. The summed E-state index contributed by atoms with van der Waals surface area (Å²) in [5.74, 6) is 2.80. The molecular formula is C31H48O4. The van der Waals surface area contributed by atoms with Gasteiger partial charge in [0, 0.05) is 5.41 Å². The molecule has 0 amide bonds. The second-order valence-electron chi connectivity index (χ2n) is 11.8. The van der Waals surface area contributed by atoms with Gasteiger partial charge >= 0.3 is 6.16 Å². The van der Waals surface area contributed by atoms with Crippen molar-refractivity contribution in [1.82, 2.24) is 0 Å². The normalized spacial score (nSPS) is 31.3. The van der Waals surface area contributed by atoms with Crippen LogP contribution in [-0.4, -0.2) is 24.0 Å². The Kier molecular flexibility index (Phi) is 9.05. The first-order valence-electron chi connectivity index (χ1n) is 14.6. The molecule has 0 aromatic heterocycles. The molecule has 4 rings (SSSR count). The lowest BCUT2D eigenvalue weighted by molar-refractivity contribution is -0.0635. The van der Waals surface area contributed by atoms with Crippen molar-refractivity contribution in [3.05, 3.63) is 29.3 Å². The van der Waals surface area contributed by atoms with Crippen molar-refractivity contribution in [2.75, 3.05) is 6.61 Å². The maximum atomic E-state index is 12.6. The van der Waals surface area contributed by atoms with E-state index in [1.165, 1.54) is 49.7 Å². The summed E-state index contributed by atoms with van der Waals surface area (Å²) < 4.78 is 11.5. The van der Waals surface area contributed by atoms with Crippen LogP contribution in [0.25, 0.3) is 0 Å². The van der Waals surface area contributed by atoms with Gasteiger partial charge in [0.05, 0.1) is 6.61 Å². The molecule has 0 heterocycles. The van der Waals surface area contributed by atoms with Gasteiger partial charge in [0.1, 0.15) is 11.9 Å². The minimum absolute atomic E-state index is 0.0294. The second kappa shape index (κ2) is 12.0. The number of carbonyl (C=O) groups is 1. The lowest BCUT2D eigenvalue weighted by atomic mass is 9.52. The third kappa shape index (κ3) is 5.83. The Hall–Kier alpha value is -1.71. The molecule has 2 saturated carbocycles. The lowest BCUT2D eigenvalue weighted by Gasteiger charge is -2.53. The van der Waals surface area contributed by atoms with Gasteiger partial charge in [0.25, 0.3) is 0 Å². The Bertz CT molecular complexity index is 835. The number of rotatable bonds is 11. The summed E-state index contributed by atoms with van der Waals surface area (Å²) in [6.07, 6.45) is 15.9. The fraction of sp³-hybridized carbons (Fsp3) is 0.774. The Morgan fingerprint density at radius 2 is 1.77 bits per heavy atom. The molecule has 3 aliphatic carbocycles. The van der Waals surface area contributed by atoms with E-state index in [-0.39, 0.29) is 11.5 Å². The number of phenols is 1. The molecule has 4 heteroatoms. The number of benzene rings is 1. The summed E-state index contributed by atoms with van der Waals surface area (Å²) in [5.41, 5.74) is 2.84. The van der Waals surface area contributed by atoms with E-state index in [0.29, 0.717) is 36.0 Å². The number of hydrogen-bond donors (Lipinski definition) is 1. The molecule has 196 valence electrons. The molecule has 35 heavy (non-hydrogen) atoms. The van der Waals surface area contributed by atoms with Crippen LogP contribution in [0, 0.1) is 23.2 Å². The summed E-state index contributed by atoms with van der Waals surface area (Å²) in [6, 6.07) is 6.02. The van der Waals surface area contributed by atoms with Crippen LogP contribution in [0.15, 0.2) is 18.2 Å². The van der Waals surface area contributed by atoms with Crippen LogP contribution in [0.2, 0.25) is 0 Å². The van der Waals surface area contributed by atoms with Gasteiger partial charge < -0.3 is 14.6 Å². The molecule has 6 unspecified atom stereocenters. The number of aromatic hydroxyl groups is 1. The average Bonchev–Trinajstić information content (AvgIpc) is 3.17. The largest absolute Gasteiger partial charge is 0.508 e. The van der Waals surface area contributed by atoms with Crippen molar-refractivity contribution in [2.45, 2.75) is 123 Å². The highest BCUT2D eigenvalue weighted by Gasteiger charge is 2.58.